The van der Waals surface area contributed by atoms with E-state index in [2.05, 4.69) is 5.10 Å². The molecule has 5 heteroatoms. The Bertz CT molecular complexity index is 394. The second-order valence-corrected chi connectivity index (χ2v) is 4.47. The Morgan fingerprint density at radius 2 is 2.06 bits per heavy atom. The molecule has 0 aromatic carbocycles. The lowest BCUT2D eigenvalue weighted by molar-refractivity contribution is 0.0741. The summed E-state index contributed by atoms with van der Waals surface area (Å²) in [5.74, 6) is 0.511. The minimum Gasteiger partial charge on any atom is -0.493 e. The van der Waals surface area contributed by atoms with Gasteiger partial charge >= 0.3 is 0 Å². The van der Waals surface area contributed by atoms with Crippen molar-refractivity contribution >= 4 is 5.78 Å². The number of likely N-dealkylation sites (N-methyl/N-ethyl adjacent to an activating group) is 1. The normalized spacial score (nSPS) is 11.9. The second kappa shape index (κ2) is 4.25. The smallest absolute Gasteiger partial charge is 0.204 e. The number of aromatic nitrogens is 2. The Hall–Kier alpha value is -1.36. The fourth-order valence-corrected chi connectivity index (χ4v) is 1.32. The number of carbonyl (C=O) groups is 1. The van der Waals surface area contributed by atoms with Crippen LogP contribution in [0.1, 0.15) is 24.3 Å². The molecule has 0 saturated carbocycles. The number of aryl methyl sites for hydroxylation is 1. The molecule has 1 rings (SSSR count). The maximum Gasteiger partial charge on any atom is 0.204 e. The van der Waals surface area contributed by atoms with E-state index in [9.17, 15) is 4.79 Å². The summed E-state index contributed by atoms with van der Waals surface area (Å²) in [6.45, 7) is 3.75. The van der Waals surface area contributed by atoms with Gasteiger partial charge in [0.15, 0.2) is 5.75 Å². The van der Waals surface area contributed by atoms with Crippen LogP contribution in [0.4, 0.5) is 0 Å². The molecule has 1 heterocycles. The van der Waals surface area contributed by atoms with Crippen molar-refractivity contribution in [1.82, 2.24) is 14.7 Å². The fraction of sp³-hybridized carbons (Fsp3) is 0.636. The summed E-state index contributed by atoms with van der Waals surface area (Å²) in [5.41, 5.74) is -0.0812. The van der Waals surface area contributed by atoms with Crippen LogP contribution in [0.3, 0.4) is 0 Å². The van der Waals surface area contributed by atoms with E-state index in [1.165, 1.54) is 7.11 Å². The first kappa shape index (κ1) is 12.7. The second-order valence-electron chi connectivity index (χ2n) is 4.47. The molecule has 0 radical (unpaired) electrons. The third-order valence-corrected chi connectivity index (χ3v) is 3.01. The first-order valence-electron chi connectivity index (χ1n) is 5.10. The Morgan fingerprint density at radius 1 is 1.50 bits per heavy atom. The van der Waals surface area contributed by atoms with E-state index in [1.54, 1.807) is 17.9 Å². The third kappa shape index (κ3) is 1.95. The molecule has 1 aromatic rings. The molecule has 0 saturated heterocycles. The maximum absolute atomic E-state index is 12.4. The van der Waals surface area contributed by atoms with Gasteiger partial charge in [0.1, 0.15) is 5.69 Å². The van der Waals surface area contributed by atoms with E-state index in [1.807, 2.05) is 32.8 Å². The molecule has 16 heavy (non-hydrogen) atoms. The average molecular weight is 225 g/mol. The average Bonchev–Trinajstić information content (AvgIpc) is 2.57. The van der Waals surface area contributed by atoms with Gasteiger partial charge in [0.25, 0.3) is 0 Å². The first-order chi connectivity index (χ1) is 7.32. The van der Waals surface area contributed by atoms with Gasteiger partial charge in [-0.1, -0.05) is 0 Å². The van der Waals surface area contributed by atoms with Crippen LogP contribution in [0.2, 0.25) is 0 Å². The van der Waals surface area contributed by atoms with Crippen molar-refractivity contribution in [3.05, 3.63) is 11.9 Å². The molecular formula is C11H19N3O2. The zero-order valence-corrected chi connectivity index (χ0v) is 10.7. The van der Waals surface area contributed by atoms with Crippen molar-refractivity contribution in [2.45, 2.75) is 19.4 Å². The summed E-state index contributed by atoms with van der Waals surface area (Å²) >= 11 is 0. The van der Waals surface area contributed by atoms with Crippen LogP contribution < -0.4 is 4.74 Å². The highest BCUT2D eigenvalue weighted by molar-refractivity contribution is 6.03. The Labute approximate surface area is 96.0 Å². The van der Waals surface area contributed by atoms with E-state index < -0.39 is 5.54 Å². The van der Waals surface area contributed by atoms with Gasteiger partial charge in [-0.3, -0.25) is 14.4 Å². The Morgan fingerprint density at radius 3 is 2.50 bits per heavy atom. The summed E-state index contributed by atoms with van der Waals surface area (Å²) in [7, 11) is 7.03. The lowest BCUT2D eigenvalue weighted by Gasteiger charge is -2.30. The lowest BCUT2D eigenvalue weighted by Crippen LogP contribution is -2.46. The van der Waals surface area contributed by atoms with Crippen LogP contribution in [0, 0.1) is 0 Å². The van der Waals surface area contributed by atoms with Crippen LogP contribution in [0.5, 0.6) is 5.75 Å². The number of rotatable bonds is 4. The van der Waals surface area contributed by atoms with Crippen LogP contribution in [-0.2, 0) is 7.05 Å². The van der Waals surface area contributed by atoms with Crippen molar-refractivity contribution in [2.24, 2.45) is 7.05 Å². The predicted octanol–water partition coefficient (Wildman–Crippen LogP) is 0.952. The fourth-order valence-electron chi connectivity index (χ4n) is 1.32. The molecule has 0 bridgehead atoms. The molecule has 1 aromatic heterocycles. The highest BCUT2D eigenvalue weighted by atomic mass is 16.5. The van der Waals surface area contributed by atoms with Crippen LogP contribution in [0.25, 0.3) is 0 Å². The van der Waals surface area contributed by atoms with Gasteiger partial charge in [0.2, 0.25) is 5.78 Å². The molecule has 0 amide bonds. The number of hydrogen-bond donors (Lipinski definition) is 0. The van der Waals surface area contributed by atoms with Gasteiger partial charge in [0, 0.05) is 7.05 Å². The Kier molecular flexibility index (Phi) is 3.38. The van der Waals surface area contributed by atoms with Gasteiger partial charge in [-0.2, -0.15) is 5.10 Å². The van der Waals surface area contributed by atoms with Gasteiger partial charge in [0.05, 0.1) is 18.8 Å². The molecule has 0 aliphatic heterocycles. The summed E-state index contributed by atoms with van der Waals surface area (Å²) < 4.78 is 6.69. The standard InChI is InChI=1S/C11H19N3O2/c1-11(2,13(3)4)10(15)9-8(16-6)7-12-14(9)5/h7H,1-6H3. The summed E-state index contributed by atoms with van der Waals surface area (Å²) in [6, 6.07) is 0. The molecule has 0 atom stereocenters. The first-order valence-corrected chi connectivity index (χ1v) is 5.10. The Balaban J connectivity index is 3.19. The SMILES string of the molecule is COc1cnn(C)c1C(=O)C(C)(C)N(C)C. The molecule has 0 fully saturated rings. The van der Waals surface area contributed by atoms with E-state index >= 15 is 0 Å². The number of ketones is 1. The highest BCUT2D eigenvalue weighted by Gasteiger charge is 2.34. The monoisotopic (exact) mass is 225 g/mol. The van der Waals surface area contributed by atoms with Crippen LogP contribution >= 0.6 is 0 Å². The number of nitrogens with zero attached hydrogens (tertiary/aromatic N) is 3. The van der Waals surface area contributed by atoms with Crippen LogP contribution in [-0.4, -0.2) is 47.2 Å². The zero-order chi connectivity index (χ0) is 12.5. The lowest BCUT2D eigenvalue weighted by atomic mass is 9.95. The minimum absolute atomic E-state index is 0.00523. The molecule has 0 aliphatic rings. The van der Waals surface area contributed by atoms with E-state index in [4.69, 9.17) is 4.74 Å². The third-order valence-electron chi connectivity index (χ3n) is 3.01. The van der Waals surface area contributed by atoms with Gasteiger partial charge in [-0.05, 0) is 27.9 Å². The summed E-state index contributed by atoms with van der Waals surface area (Å²) in [6.07, 6.45) is 1.55. The zero-order valence-electron chi connectivity index (χ0n) is 10.7. The van der Waals surface area contributed by atoms with Crippen molar-refractivity contribution in [3.8, 4) is 5.75 Å². The largest absolute Gasteiger partial charge is 0.493 e. The molecule has 0 N–H and O–H groups in total. The van der Waals surface area contributed by atoms with E-state index in [-0.39, 0.29) is 5.78 Å². The van der Waals surface area contributed by atoms with Gasteiger partial charge < -0.3 is 4.74 Å². The predicted molar refractivity (Wildman–Crippen MR) is 61.9 cm³/mol. The van der Waals surface area contributed by atoms with E-state index in [0.717, 1.165) is 0 Å². The number of Topliss-reactive ketones (excluding diaryl/α,β-unsaturated/α-hetero) is 1. The topological polar surface area (TPSA) is 47.4 Å². The summed E-state index contributed by atoms with van der Waals surface area (Å²) in [5, 5.41) is 4.03. The van der Waals surface area contributed by atoms with Crippen molar-refractivity contribution in [3.63, 3.8) is 0 Å². The van der Waals surface area contributed by atoms with Gasteiger partial charge in [-0.15, -0.1) is 0 Å². The highest BCUT2D eigenvalue weighted by Crippen LogP contribution is 2.24. The molecule has 0 unspecified atom stereocenters. The quantitative estimate of drug-likeness (QED) is 0.716. The number of ether oxygens (including phenoxy) is 1. The van der Waals surface area contributed by atoms with Crippen molar-refractivity contribution in [2.75, 3.05) is 21.2 Å². The minimum atomic E-state index is -0.582. The molecule has 0 spiro atoms. The summed E-state index contributed by atoms with van der Waals surface area (Å²) in [4.78, 5) is 14.3. The number of methoxy groups -OCH3 is 1. The molecule has 90 valence electrons. The number of hydrogen-bond acceptors (Lipinski definition) is 4. The van der Waals surface area contributed by atoms with Crippen LogP contribution in [0.15, 0.2) is 6.20 Å². The van der Waals surface area contributed by atoms with E-state index in [0.29, 0.717) is 11.4 Å². The number of carbonyl (C=O) groups excluding carboxylic acids is 1. The van der Waals surface area contributed by atoms with Gasteiger partial charge in [-0.25, -0.2) is 0 Å². The maximum atomic E-state index is 12.4. The van der Waals surface area contributed by atoms with Crippen molar-refractivity contribution < 1.29 is 9.53 Å². The van der Waals surface area contributed by atoms with Crippen molar-refractivity contribution in [1.29, 1.82) is 0 Å². The molecule has 0 aliphatic carbocycles. The molecule has 5 nitrogen and oxygen atoms in total. The molecular weight excluding hydrogens is 206 g/mol.